The van der Waals surface area contributed by atoms with E-state index in [9.17, 15) is 0 Å². The topological polar surface area (TPSA) is 45.4 Å². The van der Waals surface area contributed by atoms with Crippen LogP contribution in [0, 0.1) is 0 Å². The van der Waals surface area contributed by atoms with Crippen molar-refractivity contribution in [3.05, 3.63) is 30.1 Å². The van der Waals surface area contributed by atoms with Gasteiger partial charge in [-0.25, -0.2) is 0 Å². The summed E-state index contributed by atoms with van der Waals surface area (Å²) in [6.07, 6.45) is 7.14. The maximum Gasteiger partial charge on any atom is 0.0270 e. The number of aromatic nitrogens is 1. The third-order valence-corrected chi connectivity index (χ3v) is 3.96. The SMILES string of the molecule is CN(CCc1ccncc1)CCN1CCC(N)CC1. The van der Waals surface area contributed by atoms with Crippen LogP contribution in [0.1, 0.15) is 18.4 Å². The minimum Gasteiger partial charge on any atom is -0.328 e. The fourth-order valence-electron chi connectivity index (χ4n) is 2.47. The highest BCUT2D eigenvalue weighted by atomic mass is 15.2. The molecule has 0 atom stereocenters. The Morgan fingerprint density at radius 3 is 2.63 bits per heavy atom. The highest BCUT2D eigenvalue weighted by Gasteiger charge is 2.15. The van der Waals surface area contributed by atoms with E-state index in [4.69, 9.17) is 5.73 Å². The van der Waals surface area contributed by atoms with Crippen LogP contribution in [0.5, 0.6) is 0 Å². The lowest BCUT2D eigenvalue weighted by atomic mass is 10.1. The molecular weight excluding hydrogens is 236 g/mol. The molecule has 106 valence electrons. The number of nitrogens with two attached hydrogens (primary N) is 1. The first kappa shape index (κ1) is 14.4. The number of hydrogen-bond donors (Lipinski definition) is 1. The summed E-state index contributed by atoms with van der Waals surface area (Å²) in [5, 5.41) is 0. The maximum absolute atomic E-state index is 5.92. The molecule has 0 aromatic carbocycles. The van der Waals surface area contributed by atoms with Crippen molar-refractivity contribution in [1.29, 1.82) is 0 Å². The van der Waals surface area contributed by atoms with E-state index in [0.717, 1.165) is 32.4 Å². The van der Waals surface area contributed by atoms with E-state index in [1.165, 1.54) is 25.2 Å². The van der Waals surface area contributed by atoms with Crippen LogP contribution in [0.3, 0.4) is 0 Å². The average Bonchev–Trinajstić information content (AvgIpc) is 2.45. The summed E-state index contributed by atoms with van der Waals surface area (Å²) in [6, 6.07) is 4.63. The van der Waals surface area contributed by atoms with Gasteiger partial charge in [-0.3, -0.25) is 4.98 Å². The van der Waals surface area contributed by atoms with E-state index < -0.39 is 0 Å². The number of rotatable bonds is 6. The molecule has 2 N–H and O–H groups in total. The Hall–Kier alpha value is -0.970. The lowest BCUT2D eigenvalue weighted by Crippen LogP contribution is -2.42. The van der Waals surface area contributed by atoms with Crippen LogP contribution in [0.25, 0.3) is 0 Å². The zero-order chi connectivity index (χ0) is 13.5. The molecule has 0 spiro atoms. The number of hydrogen-bond acceptors (Lipinski definition) is 4. The summed E-state index contributed by atoms with van der Waals surface area (Å²) in [6.45, 7) is 5.75. The molecule has 4 nitrogen and oxygen atoms in total. The summed E-state index contributed by atoms with van der Waals surface area (Å²) in [4.78, 5) is 8.99. The molecule has 4 heteroatoms. The fraction of sp³-hybridized carbons (Fsp3) is 0.667. The molecule has 1 fully saturated rings. The molecule has 0 saturated carbocycles. The van der Waals surface area contributed by atoms with Gasteiger partial charge in [0.25, 0.3) is 0 Å². The van der Waals surface area contributed by atoms with Crippen molar-refractivity contribution < 1.29 is 0 Å². The fourth-order valence-corrected chi connectivity index (χ4v) is 2.47. The smallest absolute Gasteiger partial charge is 0.0270 e. The van der Waals surface area contributed by atoms with Gasteiger partial charge in [-0.05, 0) is 57.1 Å². The lowest BCUT2D eigenvalue weighted by molar-refractivity contribution is 0.186. The molecule has 2 rings (SSSR count). The number of likely N-dealkylation sites (N-methyl/N-ethyl adjacent to an activating group) is 1. The molecule has 0 unspecified atom stereocenters. The number of likely N-dealkylation sites (tertiary alicyclic amines) is 1. The molecule has 1 aliphatic heterocycles. The summed E-state index contributed by atoms with van der Waals surface area (Å²) >= 11 is 0. The first-order valence-electron chi connectivity index (χ1n) is 7.29. The molecule has 0 aliphatic carbocycles. The molecule has 1 aromatic heterocycles. The van der Waals surface area contributed by atoms with Gasteiger partial charge >= 0.3 is 0 Å². The standard InChI is InChI=1S/C15H26N4/c1-18(9-4-14-2-7-17-8-3-14)12-13-19-10-5-15(16)6-11-19/h2-3,7-8,15H,4-6,9-13,16H2,1H3. The Morgan fingerprint density at radius 1 is 1.26 bits per heavy atom. The predicted octanol–water partition coefficient (Wildman–Crippen LogP) is 0.979. The minimum absolute atomic E-state index is 0.431. The zero-order valence-corrected chi connectivity index (χ0v) is 12.0. The second kappa shape index (κ2) is 7.58. The summed E-state index contributed by atoms with van der Waals surface area (Å²) < 4.78 is 0. The Kier molecular flexibility index (Phi) is 5.76. The van der Waals surface area contributed by atoms with Crippen LogP contribution in [-0.2, 0) is 6.42 Å². The second-order valence-corrected chi connectivity index (χ2v) is 5.59. The van der Waals surface area contributed by atoms with Crippen molar-refractivity contribution >= 4 is 0 Å². The zero-order valence-electron chi connectivity index (χ0n) is 12.0. The molecule has 2 heterocycles. The van der Waals surface area contributed by atoms with Crippen molar-refractivity contribution in [2.75, 3.05) is 39.8 Å². The molecule has 0 amide bonds. The van der Waals surface area contributed by atoms with Crippen molar-refractivity contribution in [2.45, 2.75) is 25.3 Å². The second-order valence-electron chi connectivity index (χ2n) is 5.59. The third-order valence-electron chi connectivity index (χ3n) is 3.96. The largest absolute Gasteiger partial charge is 0.328 e. The third kappa shape index (κ3) is 5.27. The van der Waals surface area contributed by atoms with Gasteiger partial charge in [-0.1, -0.05) is 0 Å². The summed E-state index contributed by atoms with van der Waals surface area (Å²) in [7, 11) is 2.21. The van der Waals surface area contributed by atoms with Crippen LogP contribution in [0.2, 0.25) is 0 Å². The Bertz CT molecular complexity index is 346. The van der Waals surface area contributed by atoms with Crippen molar-refractivity contribution in [3.8, 4) is 0 Å². The van der Waals surface area contributed by atoms with E-state index in [-0.39, 0.29) is 0 Å². The number of pyridine rings is 1. The van der Waals surface area contributed by atoms with Crippen molar-refractivity contribution in [1.82, 2.24) is 14.8 Å². The van der Waals surface area contributed by atoms with Crippen LogP contribution in [0.15, 0.2) is 24.5 Å². The van der Waals surface area contributed by atoms with Gasteiger partial charge in [0, 0.05) is 38.1 Å². The molecule has 0 bridgehead atoms. The summed E-state index contributed by atoms with van der Waals surface area (Å²) in [5.41, 5.74) is 7.29. The van der Waals surface area contributed by atoms with Crippen molar-refractivity contribution in [2.24, 2.45) is 5.73 Å². The van der Waals surface area contributed by atoms with Crippen LogP contribution < -0.4 is 5.73 Å². The molecule has 1 saturated heterocycles. The Morgan fingerprint density at radius 2 is 1.95 bits per heavy atom. The maximum atomic E-state index is 5.92. The molecule has 0 radical (unpaired) electrons. The molecule has 1 aliphatic rings. The molecular formula is C15H26N4. The van der Waals surface area contributed by atoms with Crippen LogP contribution in [-0.4, -0.2) is 60.6 Å². The summed E-state index contributed by atoms with van der Waals surface area (Å²) in [5.74, 6) is 0. The average molecular weight is 262 g/mol. The van der Waals surface area contributed by atoms with Crippen LogP contribution in [0.4, 0.5) is 0 Å². The highest BCUT2D eigenvalue weighted by molar-refractivity contribution is 5.09. The number of nitrogens with zero attached hydrogens (tertiary/aromatic N) is 3. The van der Waals surface area contributed by atoms with Gasteiger partial charge < -0.3 is 15.5 Å². The van der Waals surface area contributed by atoms with Gasteiger partial charge in [0.15, 0.2) is 0 Å². The van der Waals surface area contributed by atoms with E-state index >= 15 is 0 Å². The Labute approximate surface area is 116 Å². The van der Waals surface area contributed by atoms with E-state index in [0.29, 0.717) is 6.04 Å². The first-order valence-corrected chi connectivity index (χ1v) is 7.29. The Balaban J connectivity index is 1.61. The lowest BCUT2D eigenvalue weighted by Gasteiger charge is -2.31. The highest BCUT2D eigenvalue weighted by Crippen LogP contribution is 2.07. The van der Waals surface area contributed by atoms with Crippen molar-refractivity contribution in [3.63, 3.8) is 0 Å². The normalized spacial score (nSPS) is 18.1. The molecule has 1 aromatic rings. The van der Waals surface area contributed by atoms with E-state index in [1.54, 1.807) is 0 Å². The predicted molar refractivity (Wildman–Crippen MR) is 79.1 cm³/mol. The molecule has 19 heavy (non-hydrogen) atoms. The minimum atomic E-state index is 0.431. The first-order chi connectivity index (χ1) is 9.24. The van der Waals surface area contributed by atoms with Gasteiger partial charge in [0.2, 0.25) is 0 Å². The van der Waals surface area contributed by atoms with E-state index in [1.807, 2.05) is 12.4 Å². The van der Waals surface area contributed by atoms with E-state index in [2.05, 4.69) is 34.0 Å². The van der Waals surface area contributed by atoms with Crippen LogP contribution >= 0.6 is 0 Å². The van der Waals surface area contributed by atoms with Gasteiger partial charge in [-0.2, -0.15) is 0 Å². The van der Waals surface area contributed by atoms with Gasteiger partial charge in [0.1, 0.15) is 0 Å². The van der Waals surface area contributed by atoms with Gasteiger partial charge in [0.05, 0.1) is 0 Å². The monoisotopic (exact) mass is 262 g/mol. The quantitative estimate of drug-likeness (QED) is 0.830. The van der Waals surface area contributed by atoms with Gasteiger partial charge in [-0.15, -0.1) is 0 Å². The number of piperidine rings is 1.